The lowest BCUT2D eigenvalue weighted by molar-refractivity contribution is -0.131. The van der Waals surface area contributed by atoms with Crippen molar-refractivity contribution in [3.8, 4) is 0 Å². The number of aromatic amines is 1. The number of carbonyl (C=O) groups is 2. The number of H-pyrrole nitrogens is 1. The third-order valence-corrected chi connectivity index (χ3v) is 8.38. The minimum absolute atomic E-state index is 0.0197. The molecule has 2 aromatic heterocycles. The second kappa shape index (κ2) is 9.50. The van der Waals surface area contributed by atoms with Crippen LogP contribution in [-0.2, 0) is 24.2 Å². The number of carbonyl (C=O) groups excluding carboxylic acids is 2. The average Bonchev–Trinajstić information content (AvgIpc) is 3.54. The van der Waals surface area contributed by atoms with Crippen molar-refractivity contribution in [3.05, 3.63) is 87.3 Å². The fraction of sp³-hybridized carbons (Fsp3) is 0.321. The Morgan fingerprint density at radius 1 is 1.03 bits per heavy atom. The number of para-hydroxylation sites is 1. The van der Waals surface area contributed by atoms with Crippen LogP contribution in [0.15, 0.2) is 53.9 Å². The van der Waals surface area contributed by atoms with Gasteiger partial charge in [0.25, 0.3) is 5.91 Å². The highest BCUT2D eigenvalue weighted by Crippen LogP contribution is 2.32. The van der Waals surface area contributed by atoms with Crippen LogP contribution in [0.25, 0.3) is 10.9 Å². The Balaban J connectivity index is 1.06. The number of likely N-dealkylation sites (tertiary alicyclic amines) is 1. The van der Waals surface area contributed by atoms with Crippen LogP contribution in [0.4, 0.5) is 4.39 Å². The summed E-state index contributed by atoms with van der Waals surface area (Å²) in [7, 11) is 0. The number of benzene rings is 2. The molecule has 0 bridgehead atoms. The molecule has 0 atom stereocenters. The van der Waals surface area contributed by atoms with E-state index in [1.165, 1.54) is 23.1 Å². The maximum Gasteiger partial charge on any atom is 0.273 e. The second-order valence-corrected chi connectivity index (χ2v) is 10.5. The Morgan fingerprint density at radius 3 is 2.61 bits per heavy atom. The first kappa shape index (κ1) is 22.9. The van der Waals surface area contributed by atoms with E-state index in [0.717, 1.165) is 41.0 Å². The van der Waals surface area contributed by atoms with Crippen LogP contribution in [0.5, 0.6) is 0 Å². The van der Waals surface area contributed by atoms with E-state index in [1.807, 2.05) is 21.2 Å². The van der Waals surface area contributed by atoms with Gasteiger partial charge in [-0.05, 0) is 48.6 Å². The number of nitrogens with zero attached hydrogens (tertiary/aromatic N) is 3. The molecule has 36 heavy (non-hydrogen) atoms. The van der Waals surface area contributed by atoms with E-state index in [9.17, 15) is 14.0 Å². The van der Waals surface area contributed by atoms with Gasteiger partial charge in [-0.3, -0.25) is 9.59 Å². The lowest BCUT2D eigenvalue weighted by Gasteiger charge is -2.31. The smallest absolute Gasteiger partial charge is 0.273 e. The van der Waals surface area contributed by atoms with Crippen molar-refractivity contribution in [2.24, 2.45) is 0 Å². The number of piperidine rings is 1. The van der Waals surface area contributed by atoms with Gasteiger partial charge in [-0.1, -0.05) is 30.3 Å². The van der Waals surface area contributed by atoms with E-state index in [0.29, 0.717) is 31.9 Å². The summed E-state index contributed by atoms with van der Waals surface area (Å²) in [6, 6.07) is 14.4. The van der Waals surface area contributed by atoms with Gasteiger partial charge in [-0.2, -0.15) is 0 Å². The van der Waals surface area contributed by atoms with Crippen LogP contribution in [0.2, 0.25) is 0 Å². The van der Waals surface area contributed by atoms with E-state index in [-0.39, 0.29) is 30.0 Å². The normalized spacial score (nSPS) is 16.4. The van der Waals surface area contributed by atoms with Gasteiger partial charge in [0.1, 0.15) is 11.5 Å². The summed E-state index contributed by atoms with van der Waals surface area (Å²) in [5, 5.41) is 4.11. The molecule has 6 nitrogen and oxygen atoms in total. The summed E-state index contributed by atoms with van der Waals surface area (Å²) in [5.41, 5.74) is 4.89. The van der Waals surface area contributed by atoms with Crippen LogP contribution in [-0.4, -0.2) is 51.2 Å². The molecule has 0 aliphatic carbocycles. The molecular formula is C28H27FN4O2S. The van der Waals surface area contributed by atoms with Gasteiger partial charge in [0.15, 0.2) is 0 Å². The summed E-state index contributed by atoms with van der Waals surface area (Å²) >= 11 is 1.55. The number of thiazole rings is 1. The number of amides is 2. The maximum absolute atomic E-state index is 13.2. The molecule has 2 aromatic carbocycles. The lowest BCUT2D eigenvalue weighted by atomic mass is 9.97. The van der Waals surface area contributed by atoms with E-state index < -0.39 is 0 Å². The van der Waals surface area contributed by atoms with Crippen molar-refractivity contribution in [2.45, 2.75) is 38.1 Å². The van der Waals surface area contributed by atoms with E-state index >= 15 is 0 Å². The molecule has 8 heteroatoms. The van der Waals surface area contributed by atoms with Gasteiger partial charge in [0, 0.05) is 47.5 Å². The van der Waals surface area contributed by atoms with Crippen LogP contribution in [0.3, 0.4) is 0 Å². The Kier molecular flexibility index (Phi) is 6.05. The molecule has 184 valence electrons. The standard InChI is InChI=1S/C28H27FN4O2S/c29-20-7-5-18(6-8-20)15-26(34)32-12-9-19(10-13-32)27-31-25(17-36-27)28(35)33-14-11-22-21-3-1-2-4-23(21)30-24(22)16-33/h1-8,17,19,30H,9-16H2. The number of rotatable bonds is 4. The molecular weight excluding hydrogens is 475 g/mol. The average molecular weight is 503 g/mol. The van der Waals surface area contributed by atoms with Crippen molar-refractivity contribution in [1.82, 2.24) is 19.8 Å². The van der Waals surface area contributed by atoms with Crippen molar-refractivity contribution in [3.63, 3.8) is 0 Å². The quantitative estimate of drug-likeness (QED) is 0.431. The highest BCUT2D eigenvalue weighted by molar-refractivity contribution is 7.09. The van der Waals surface area contributed by atoms with Crippen LogP contribution >= 0.6 is 11.3 Å². The monoisotopic (exact) mass is 502 g/mol. The number of hydrogen-bond acceptors (Lipinski definition) is 4. The molecule has 2 aliphatic rings. The minimum Gasteiger partial charge on any atom is -0.357 e. The molecule has 4 heterocycles. The number of hydrogen-bond donors (Lipinski definition) is 1. The van der Waals surface area contributed by atoms with Crippen LogP contribution < -0.4 is 0 Å². The second-order valence-electron chi connectivity index (χ2n) is 9.63. The lowest BCUT2D eigenvalue weighted by Crippen LogP contribution is -2.38. The minimum atomic E-state index is -0.295. The molecule has 0 spiro atoms. The molecule has 1 saturated heterocycles. The van der Waals surface area contributed by atoms with Crippen molar-refractivity contribution in [1.29, 1.82) is 0 Å². The van der Waals surface area contributed by atoms with E-state index in [2.05, 4.69) is 23.2 Å². The predicted molar refractivity (Wildman–Crippen MR) is 138 cm³/mol. The Labute approximate surface area is 212 Å². The molecule has 1 N–H and O–H groups in total. The summed E-state index contributed by atoms with van der Waals surface area (Å²) in [6.07, 6.45) is 2.79. The first-order valence-corrected chi connectivity index (χ1v) is 13.3. The number of nitrogens with one attached hydrogen (secondary N) is 1. The largest absolute Gasteiger partial charge is 0.357 e. The van der Waals surface area contributed by atoms with Crippen molar-refractivity contribution in [2.75, 3.05) is 19.6 Å². The summed E-state index contributed by atoms with van der Waals surface area (Å²) < 4.78 is 13.1. The zero-order valence-electron chi connectivity index (χ0n) is 19.9. The molecule has 0 radical (unpaired) electrons. The molecule has 0 saturated carbocycles. The Hall–Kier alpha value is -3.52. The zero-order chi connectivity index (χ0) is 24.6. The predicted octanol–water partition coefficient (Wildman–Crippen LogP) is 4.91. The molecule has 0 unspecified atom stereocenters. The van der Waals surface area contributed by atoms with Gasteiger partial charge in [0.05, 0.1) is 18.0 Å². The van der Waals surface area contributed by atoms with Gasteiger partial charge >= 0.3 is 0 Å². The highest BCUT2D eigenvalue weighted by atomic mass is 32.1. The number of halogens is 1. The first-order chi connectivity index (χ1) is 17.5. The van der Waals surface area contributed by atoms with E-state index in [4.69, 9.17) is 4.98 Å². The fourth-order valence-corrected chi connectivity index (χ4v) is 6.33. The molecule has 4 aromatic rings. The zero-order valence-corrected chi connectivity index (χ0v) is 20.7. The topological polar surface area (TPSA) is 69.3 Å². The van der Waals surface area contributed by atoms with Gasteiger partial charge in [-0.15, -0.1) is 11.3 Å². The molecule has 2 aliphatic heterocycles. The molecule has 1 fully saturated rings. The SMILES string of the molecule is O=C(Cc1ccc(F)cc1)N1CCC(c2nc(C(=O)N3CCc4c([nH]c5ccccc45)C3)cs2)CC1. The maximum atomic E-state index is 13.2. The molecule has 6 rings (SSSR count). The summed E-state index contributed by atoms with van der Waals surface area (Å²) in [6.45, 7) is 2.60. The molecule has 2 amide bonds. The van der Waals surface area contributed by atoms with Gasteiger partial charge in [0.2, 0.25) is 5.91 Å². The number of fused-ring (bicyclic) bond motifs is 3. The highest BCUT2D eigenvalue weighted by Gasteiger charge is 2.29. The van der Waals surface area contributed by atoms with Crippen LogP contribution in [0.1, 0.15) is 51.1 Å². The van der Waals surface area contributed by atoms with Crippen LogP contribution in [0, 0.1) is 5.82 Å². The van der Waals surface area contributed by atoms with Crippen molar-refractivity contribution < 1.29 is 14.0 Å². The third-order valence-electron chi connectivity index (χ3n) is 7.38. The van der Waals surface area contributed by atoms with Gasteiger partial charge in [-0.25, -0.2) is 9.37 Å². The third kappa shape index (κ3) is 4.41. The van der Waals surface area contributed by atoms with Crippen molar-refractivity contribution >= 4 is 34.1 Å². The van der Waals surface area contributed by atoms with E-state index in [1.54, 1.807) is 23.5 Å². The summed E-state index contributed by atoms with van der Waals surface area (Å²) in [4.78, 5) is 37.9. The first-order valence-electron chi connectivity index (χ1n) is 12.4. The summed E-state index contributed by atoms with van der Waals surface area (Å²) in [5.74, 6) is 0.00882. The van der Waals surface area contributed by atoms with Gasteiger partial charge < -0.3 is 14.8 Å². The Morgan fingerprint density at radius 2 is 1.81 bits per heavy atom. The Bertz CT molecular complexity index is 1420. The fourth-order valence-electron chi connectivity index (χ4n) is 5.37. The number of aromatic nitrogens is 2.